The highest BCUT2D eigenvalue weighted by Gasteiger charge is 2.24. The first-order chi connectivity index (χ1) is 8.19. The van der Waals surface area contributed by atoms with Gasteiger partial charge in [-0.3, -0.25) is 0 Å². The molecule has 1 aromatic carbocycles. The zero-order valence-corrected chi connectivity index (χ0v) is 11.4. The Bertz CT molecular complexity index is 302. The molecule has 2 nitrogen and oxygen atoms in total. The molecule has 0 fully saturated rings. The SMILES string of the molecule is CCC[C@@H](Sc1ccccc1)[C@@H](O)[C@H](C)CO. The first-order valence-electron chi connectivity index (χ1n) is 6.19. The molecule has 96 valence electrons. The maximum absolute atomic E-state index is 10.2. The van der Waals surface area contributed by atoms with E-state index in [9.17, 15) is 5.11 Å². The van der Waals surface area contributed by atoms with Crippen molar-refractivity contribution in [3.05, 3.63) is 30.3 Å². The van der Waals surface area contributed by atoms with Gasteiger partial charge in [-0.25, -0.2) is 0 Å². The molecule has 0 aliphatic rings. The number of aliphatic hydroxyl groups is 2. The van der Waals surface area contributed by atoms with Crippen molar-refractivity contribution < 1.29 is 10.2 Å². The van der Waals surface area contributed by atoms with Crippen molar-refractivity contribution in [2.24, 2.45) is 5.92 Å². The fourth-order valence-electron chi connectivity index (χ4n) is 1.73. The molecule has 0 aromatic heterocycles. The summed E-state index contributed by atoms with van der Waals surface area (Å²) in [6, 6.07) is 10.1. The second-order valence-corrected chi connectivity index (χ2v) is 5.72. The fraction of sp³-hybridized carbons (Fsp3) is 0.571. The summed E-state index contributed by atoms with van der Waals surface area (Å²) in [6.45, 7) is 4.05. The molecule has 0 unspecified atom stereocenters. The van der Waals surface area contributed by atoms with E-state index in [0.29, 0.717) is 0 Å². The third kappa shape index (κ3) is 4.70. The van der Waals surface area contributed by atoms with Crippen LogP contribution in [0.5, 0.6) is 0 Å². The van der Waals surface area contributed by atoms with Crippen LogP contribution in [0.3, 0.4) is 0 Å². The lowest BCUT2D eigenvalue weighted by Gasteiger charge is -2.26. The largest absolute Gasteiger partial charge is 0.396 e. The Kier molecular flexibility index (Phi) is 6.63. The van der Waals surface area contributed by atoms with Crippen LogP contribution in [0.1, 0.15) is 26.7 Å². The van der Waals surface area contributed by atoms with E-state index in [-0.39, 0.29) is 17.8 Å². The van der Waals surface area contributed by atoms with E-state index in [1.807, 2.05) is 25.1 Å². The Labute approximate surface area is 108 Å². The van der Waals surface area contributed by atoms with Gasteiger partial charge in [0.1, 0.15) is 0 Å². The monoisotopic (exact) mass is 254 g/mol. The summed E-state index contributed by atoms with van der Waals surface area (Å²) in [5.74, 6) is -0.0669. The second-order valence-electron chi connectivity index (χ2n) is 4.41. The summed E-state index contributed by atoms with van der Waals surface area (Å²) in [5, 5.41) is 19.5. The van der Waals surface area contributed by atoms with E-state index in [1.54, 1.807) is 11.8 Å². The van der Waals surface area contributed by atoms with Gasteiger partial charge in [-0.2, -0.15) is 0 Å². The number of aliphatic hydroxyl groups excluding tert-OH is 2. The van der Waals surface area contributed by atoms with Crippen molar-refractivity contribution in [1.29, 1.82) is 0 Å². The molecule has 0 saturated carbocycles. The van der Waals surface area contributed by atoms with Gasteiger partial charge in [0.15, 0.2) is 0 Å². The van der Waals surface area contributed by atoms with Crippen LogP contribution in [0.2, 0.25) is 0 Å². The van der Waals surface area contributed by atoms with Crippen LogP contribution in [0.25, 0.3) is 0 Å². The van der Waals surface area contributed by atoms with Gasteiger partial charge in [0.25, 0.3) is 0 Å². The molecule has 0 aliphatic heterocycles. The molecule has 3 atom stereocenters. The molecule has 2 N–H and O–H groups in total. The van der Waals surface area contributed by atoms with Gasteiger partial charge in [-0.15, -0.1) is 11.8 Å². The molecular formula is C14H22O2S. The molecular weight excluding hydrogens is 232 g/mol. The molecule has 0 bridgehead atoms. The topological polar surface area (TPSA) is 40.5 Å². The second kappa shape index (κ2) is 7.75. The van der Waals surface area contributed by atoms with Crippen LogP contribution in [0.4, 0.5) is 0 Å². The van der Waals surface area contributed by atoms with Crippen LogP contribution >= 0.6 is 11.8 Å². The summed E-state index contributed by atoms with van der Waals surface area (Å²) in [5.41, 5.74) is 0. The van der Waals surface area contributed by atoms with Gasteiger partial charge in [0.2, 0.25) is 0 Å². The van der Waals surface area contributed by atoms with Crippen molar-refractivity contribution in [2.45, 2.75) is 42.9 Å². The summed E-state index contributed by atoms with van der Waals surface area (Å²) >= 11 is 1.70. The third-order valence-electron chi connectivity index (χ3n) is 2.86. The lowest BCUT2D eigenvalue weighted by Crippen LogP contribution is -2.31. The van der Waals surface area contributed by atoms with Crippen LogP contribution in [0, 0.1) is 5.92 Å². The predicted octanol–water partition coefficient (Wildman–Crippen LogP) is 2.94. The summed E-state index contributed by atoms with van der Waals surface area (Å²) in [6.07, 6.45) is 1.55. The first kappa shape index (κ1) is 14.6. The maximum Gasteiger partial charge on any atom is 0.0709 e. The van der Waals surface area contributed by atoms with Crippen LogP contribution in [0.15, 0.2) is 35.2 Å². The van der Waals surface area contributed by atoms with E-state index in [2.05, 4.69) is 19.1 Å². The van der Waals surface area contributed by atoms with Crippen molar-refractivity contribution in [3.63, 3.8) is 0 Å². The summed E-state index contributed by atoms with van der Waals surface area (Å²) < 4.78 is 0. The van der Waals surface area contributed by atoms with E-state index >= 15 is 0 Å². The maximum atomic E-state index is 10.2. The number of rotatable bonds is 7. The van der Waals surface area contributed by atoms with Crippen LogP contribution < -0.4 is 0 Å². The highest BCUT2D eigenvalue weighted by molar-refractivity contribution is 8.00. The molecule has 0 amide bonds. The molecule has 0 spiro atoms. The zero-order chi connectivity index (χ0) is 12.7. The molecule has 1 rings (SSSR count). The Morgan fingerprint density at radius 1 is 1.24 bits per heavy atom. The van der Waals surface area contributed by atoms with Gasteiger partial charge >= 0.3 is 0 Å². The minimum atomic E-state index is -0.454. The third-order valence-corrected chi connectivity index (χ3v) is 4.22. The smallest absolute Gasteiger partial charge is 0.0709 e. The highest BCUT2D eigenvalue weighted by atomic mass is 32.2. The van der Waals surface area contributed by atoms with E-state index in [4.69, 9.17) is 5.11 Å². The first-order valence-corrected chi connectivity index (χ1v) is 7.07. The number of thioether (sulfide) groups is 1. The Balaban J connectivity index is 2.66. The minimum Gasteiger partial charge on any atom is -0.396 e. The molecule has 0 aliphatic carbocycles. The number of benzene rings is 1. The van der Waals surface area contributed by atoms with Gasteiger partial charge in [0, 0.05) is 22.7 Å². The van der Waals surface area contributed by atoms with Gasteiger partial charge in [-0.05, 0) is 18.6 Å². The number of hydrogen-bond donors (Lipinski definition) is 2. The van der Waals surface area contributed by atoms with Crippen molar-refractivity contribution >= 4 is 11.8 Å². The van der Waals surface area contributed by atoms with Crippen LogP contribution in [-0.4, -0.2) is 28.2 Å². The lowest BCUT2D eigenvalue weighted by atomic mass is 10.0. The number of hydrogen-bond acceptors (Lipinski definition) is 3. The average molecular weight is 254 g/mol. The molecule has 17 heavy (non-hydrogen) atoms. The summed E-state index contributed by atoms with van der Waals surface area (Å²) in [7, 11) is 0. The van der Waals surface area contributed by atoms with Gasteiger partial charge in [-0.1, -0.05) is 38.5 Å². The Morgan fingerprint density at radius 2 is 1.88 bits per heavy atom. The molecule has 0 saturated heterocycles. The molecule has 0 radical (unpaired) electrons. The Morgan fingerprint density at radius 3 is 2.41 bits per heavy atom. The zero-order valence-electron chi connectivity index (χ0n) is 10.5. The molecule has 1 aromatic rings. The van der Waals surface area contributed by atoms with Gasteiger partial charge in [0.05, 0.1) is 6.10 Å². The fourth-order valence-corrected chi connectivity index (χ4v) is 3.16. The van der Waals surface area contributed by atoms with Gasteiger partial charge < -0.3 is 10.2 Å². The predicted molar refractivity (Wildman–Crippen MR) is 73.3 cm³/mol. The van der Waals surface area contributed by atoms with E-state index in [0.717, 1.165) is 12.8 Å². The lowest BCUT2D eigenvalue weighted by molar-refractivity contribution is 0.0734. The van der Waals surface area contributed by atoms with Crippen molar-refractivity contribution in [1.82, 2.24) is 0 Å². The Hall–Kier alpha value is -0.510. The molecule has 0 heterocycles. The minimum absolute atomic E-state index is 0.0384. The molecule has 3 heteroatoms. The van der Waals surface area contributed by atoms with Crippen molar-refractivity contribution in [2.75, 3.05) is 6.61 Å². The van der Waals surface area contributed by atoms with E-state index in [1.165, 1.54) is 4.90 Å². The van der Waals surface area contributed by atoms with E-state index < -0.39 is 6.10 Å². The standard InChI is InChI=1S/C14H22O2S/c1-3-7-13(14(16)11(2)10-15)17-12-8-5-4-6-9-12/h4-6,8-9,11,13-16H,3,7,10H2,1-2H3/t11-,13-,14+/m1/s1. The summed E-state index contributed by atoms with van der Waals surface area (Å²) in [4.78, 5) is 1.18. The van der Waals surface area contributed by atoms with Crippen molar-refractivity contribution in [3.8, 4) is 0 Å². The average Bonchev–Trinajstić information content (AvgIpc) is 2.37. The quantitative estimate of drug-likeness (QED) is 0.735. The van der Waals surface area contributed by atoms with Crippen LogP contribution in [-0.2, 0) is 0 Å². The highest BCUT2D eigenvalue weighted by Crippen LogP contribution is 2.30. The normalized spacial score (nSPS) is 16.5.